The summed E-state index contributed by atoms with van der Waals surface area (Å²) >= 11 is 6.13. The zero-order valence-corrected chi connectivity index (χ0v) is 15.3. The number of hydrogen-bond acceptors (Lipinski definition) is 7. The van der Waals surface area contributed by atoms with Gasteiger partial charge in [-0.3, -0.25) is 4.57 Å². The lowest BCUT2D eigenvalue weighted by Crippen LogP contribution is -2.32. The lowest BCUT2D eigenvalue weighted by atomic mass is 9.95. The third kappa shape index (κ3) is 2.79. The third-order valence-corrected chi connectivity index (χ3v) is 6.39. The van der Waals surface area contributed by atoms with Crippen molar-refractivity contribution in [3.05, 3.63) is 11.6 Å². The van der Waals surface area contributed by atoms with Crippen LogP contribution in [0.25, 0.3) is 11.2 Å². The lowest BCUT2D eigenvalue weighted by molar-refractivity contribution is -0.0409. The molecule has 27 heavy (non-hydrogen) atoms. The molecule has 2 aromatic heterocycles. The van der Waals surface area contributed by atoms with Crippen molar-refractivity contribution in [1.82, 2.24) is 19.5 Å². The summed E-state index contributed by atoms with van der Waals surface area (Å²) in [5.41, 5.74) is 0.882. The zero-order chi connectivity index (χ0) is 18.7. The fourth-order valence-electron chi connectivity index (χ4n) is 4.86. The highest BCUT2D eigenvalue weighted by Gasteiger charge is 2.44. The minimum absolute atomic E-state index is 0.0463. The highest BCUT2D eigenvalue weighted by Crippen LogP contribution is 2.45. The van der Waals surface area contributed by atoms with Gasteiger partial charge in [0.05, 0.1) is 6.33 Å². The monoisotopic (exact) mass is 397 g/mol. The van der Waals surface area contributed by atoms with Crippen molar-refractivity contribution in [1.29, 1.82) is 0 Å². The molecule has 2 saturated carbocycles. The second-order valence-corrected chi connectivity index (χ2v) is 8.13. The molecule has 3 heterocycles. The molecular formula is C17H21ClFN5O3. The molecule has 2 aromatic rings. The van der Waals surface area contributed by atoms with Crippen LogP contribution in [0.15, 0.2) is 6.33 Å². The number of halogens is 2. The number of fused-ring (bicyclic) bond motifs is 3. The van der Waals surface area contributed by atoms with E-state index in [-0.39, 0.29) is 5.28 Å². The lowest BCUT2D eigenvalue weighted by Gasteiger charge is -2.23. The van der Waals surface area contributed by atoms with Crippen LogP contribution < -0.4 is 5.32 Å². The Balaban J connectivity index is 1.48. The van der Waals surface area contributed by atoms with Gasteiger partial charge in [-0.05, 0) is 42.7 Å². The smallest absolute Gasteiger partial charge is 0.226 e. The average molecular weight is 398 g/mol. The minimum Gasteiger partial charge on any atom is -0.387 e. The molecule has 3 N–H and O–H groups in total. The number of nitrogens with zero attached hydrogens (tertiary/aromatic N) is 4. The maximum absolute atomic E-state index is 13.0. The molecule has 7 atom stereocenters. The first-order valence-corrected chi connectivity index (χ1v) is 9.67. The van der Waals surface area contributed by atoms with Crippen molar-refractivity contribution >= 4 is 28.6 Å². The summed E-state index contributed by atoms with van der Waals surface area (Å²) in [5.74, 6) is 1.97. The van der Waals surface area contributed by atoms with E-state index in [1.165, 1.54) is 30.2 Å². The Morgan fingerprint density at radius 2 is 2.11 bits per heavy atom. The summed E-state index contributed by atoms with van der Waals surface area (Å²) in [4.78, 5) is 12.9. The Bertz CT molecular complexity index is 866. The number of anilines is 1. The van der Waals surface area contributed by atoms with E-state index >= 15 is 0 Å². The first-order valence-electron chi connectivity index (χ1n) is 9.29. The van der Waals surface area contributed by atoms with Crippen molar-refractivity contribution in [3.8, 4) is 0 Å². The molecule has 146 valence electrons. The second-order valence-electron chi connectivity index (χ2n) is 7.79. The molecule has 0 amide bonds. The summed E-state index contributed by atoms with van der Waals surface area (Å²) in [5, 5.41) is 23.7. The summed E-state index contributed by atoms with van der Waals surface area (Å²) in [6.45, 7) is -0.895. The minimum atomic E-state index is -1.32. The van der Waals surface area contributed by atoms with Gasteiger partial charge in [-0.2, -0.15) is 9.97 Å². The molecule has 0 radical (unpaired) electrons. The third-order valence-electron chi connectivity index (χ3n) is 6.22. The summed E-state index contributed by atoms with van der Waals surface area (Å²) in [6.07, 6.45) is 1.64. The van der Waals surface area contributed by atoms with Gasteiger partial charge in [-0.1, -0.05) is 6.42 Å². The average Bonchev–Trinajstić information content (AvgIpc) is 3.41. The Morgan fingerprint density at radius 3 is 2.78 bits per heavy atom. The summed E-state index contributed by atoms with van der Waals surface area (Å²) in [7, 11) is 0. The predicted octanol–water partition coefficient (Wildman–Crippen LogP) is 1.67. The standard InChI is InChI=1S/C17H21ClFN5O3/c18-17-22-14(21-9-4-7-1-2-8(9)3-7)11-15(23-17)24(6-20-11)16-13(26)12(25)10(5-19)27-16/h6-10,12-13,16,25-26H,1-5H2,(H,21,22,23)/t7-,8+,9-,10-,12-,13-,16-/m1/s1. The van der Waals surface area contributed by atoms with Crippen molar-refractivity contribution in [3.63, 3.8) is 0 Å². The van der Waals surface area contributed by atoms with Gasteiger partial charge in [0.25, 0.3) is 0 Å². The fourth-order valence-corrected chi connectivity index (χ4v) is 5.02. The topological polar surface area (TPSA) is 105 Å². The SMILES string of the molecule is O[C@@H]1[C@H](O)[C@@H](CF)O[C@H]1n1cnc2c(N[C@@H]3C[C@@H]4CC[C@H]3C4)nc(Cl)nc21. The van der Waals surface area contributed by atoms with Crippen molar-refractivity contribution < 1.29 is 19.3 Å². The fraction of sp³-hybridized carbons (Fsp3) is 0.706. The highest BCUT2D eigenvalue weighted by molar-refractivity contribution is 6.28. The van der Waals surface area contributed by atoms with Gasteiger partial charge in [0.1, 0.15) is 25.0 Å². The van der Waals surface area contributed by atoms with Crippen molar-refractivity contribution in [2.45, 2.75) is 56.3 Å². The van der Waals surface area contributed by atoms with Gasteiger partial charge < -0.3 is 20.3 Å². The number of nitrogens with one attached hydrogen (secondary N) is 1. The van der Waals surface area contributed by atoms with Crippen LogP contribution in [0.2, 0.25) is 5.28 Å². The largest absolute Gasteiger partial charge is 0.387 e. The van der Waals surface area contributed by atoms with Gasteiger partial charge in [0.2, 0.25) is 5.28 Å². The molecule has 8 nitrogen and oxygen atoms in total. The Labute approximate surface area is 159 Å². The quantitative estimate of drug-likeness (QED) is 0.674. The number of aromatic nitrogens is 4. The molecule has 2 aliphatic carbocycles. The van der Waals surface area contributed by atoms with Gasteiger partial charge in [0.15, 0.2) is 23.2 Å². The molecule has 3 aliphatic rings. The van der Waals surface area contributed by atoms with E-state index in [1.807, 2.05) is 0 Å². The number of alkyl halides is 1. The molecule has 3 fully saturated rings. The van der Waals surface area contributed by atoms with Gasteiger partial charge in [-0.25, -0.2) is 9.37 Å². The van der Waals surface area contributed by atoms with E-state index < -0.39 is 31.2 Å². The highest BCUT2D eigenvalue weighted by atomic mass is 35.5. The Hall–Kier alpha value is -1.55. The maximum atomic E-state index is 13.0. The number of hydrogen-bond donors (Lipinski definition) is 3. The van der Waals surface area contributed by atoms with Crippen molar-refractivity contribution in [2.24, 2.45) is 11.8 Å². The van der Waals surface area contributed by atoms with Crippen LogP contribution in [0, 0.1) is 11.8 Å². The number of aliphatic hydroxyl groups excluding tert-OH is 2. The molecule has 0 unspecified atom stereocenters. The van der Waals surface area contributed by atoms with Crippen molar-refractivity contribution in [2.75, 3.05) is 12.0 Å². The van der Waals surface area contributed by atoms with Gasteiger partial charge in [0, 0.05) is 6.04 Å². The van der Waals surface area contributed by atoms with Crippen LogP contribution >= 0.6 is 11.6 Å². The molecule has 10 heteroatoms. The second kappa shape index (κ2) is 6.51. The van der Waals surface area contributed by atoms with E-state index in [0.717, 1.165) is 12.3 Å². The molecule has 5 rings (SSSR count). The molecule has 1 saturated heterocycles. The molecule has 1 aliphatic heterocycles. The van der Waals surface area contributed by atoms with E-state index in [2.05, 4.69) is 20.3 Å². The van der Waals surface area contributed by atoms with Crippen LogP contribution in [0.4, 0.5) is 10.2 Å². The van der Waals surface area contributed by atoms with Gasteiger partial charge in [-0.15, -0.1) is 0 Å². The van der Waals surface area contributed by atoms with Crippen LogP contribution in [0.3, 0.4) is 0 Å². The van der Waals surface area contributed by atoms with E-state index in [1.54, 1.807) is 0 Å². The number of rotatable bonds is 4. The zero-order valence-electron chi connectivity index (χ0n) is 14.5. The number of ether oxygens (including phenoxy) is 1. The maximum Gasteiger partial charge on any atom is 0.226 e. The molecule has 0 aromatic carbocycles. The number of aliphatic hydroxyl groups is 2. The first-order chi connectivity index (χ1) is 13.0. The number of imidazole rings is 1. The van der Waals surface area contributed by atoms with Crippen LogP contribution in [0.1, 0.15) is 31.9 Å². The Kier molecular flexibility index (Phi) is 4.23. The molecule has 2 bridgehead atoms. The molecular weight excluding hydrogens is 377 g/mol. The summed E-state index contributed by atoms with van der Waals surface area (Å²) in [6, 6.07) is 0.342. The summed E-state index contributed by atoms with van der Waals surface area (Å²) < 4.78 is 19.9. The normalized spacial score (nSPS) is 38.1. The van der Waals surface area contributed by atoms with Crippen LogP contribution in [-0.2, 0) is 4.74 Å². The molecule has 0 spiro atoms. The van der Waals surface area contributed by atoms with Crippen LogP contribution in [-0.4, -0.2) is 60.8 Å². The first kappa shape index (κ1) is 17.5. The Morgan fingerprint density at radius 1 is 1.26 bits per heavy atom. The van der Waals surface area contributed by atoms with E-state index in [9.17, 15) is 14.6 Å². The van der Waals surface area contributed by atoms with E-state index in [4.69, 9.17) is 16.3 Å². The van der Waals surface area contributed by atoms with E-state index in [0.29, 0.717) is 28.9 Å². The predicted molar refractivity (Wildman–Crippen MR) is 95.1 cm³/mol. The van der Waals surface area contributed by atoms with Gasteiger partial charge >= 0.3 is 0 Å². The van der Waals surface area contributed by atoms with Crippen LogP contribution in [0.5, 0.6) is 0 Å².